The quantitative estimate of drug-likeness (QED) is 0.889. The molecule has 0 aliphatic heterocycles. The Morgan fingerprint density at radius 3 is 2.41 bits per heavy atom. The van der Waals surface area contributed by atoms with Crippen LogP contribution < -0.4 is 15.8 Å². The van der Waals surface area contributed by atoms with E-state index in [4.69, 9.17) is 10.5 Å². The number of ether oxygens (including phenoxy) is 1. The third kappa shape index (κ3) is 4.09. The van der Waals surface area contributed by atoms with Gasteiger partial charge in [0.25, 0.3) is 0 Å². The monoisotopic (exact) mass is 298 g/mol. The lowest BCUT2D eigenvalue weighted by atomic mass is 10.1. The Labute approximate surface area is 131 Å². The maximum Gasteiger partial charge on any atom is 0.245 e. The fourth-order valence-electron chi connectivity index (χ4n) is 2.15. The second-order valence-electron chi connectivity index (χ2n) is 5.52. The van der Waals surface area contributed by atoms with Crippen molar-refractivity contribution in [2.24, 2.45) is 5.73 Å². The largest absolute Gasteiger partial charge is 0.491 e. The number of anilines is 1. The Hall–Kier alpha value is -2.33. The molecule has 0 radical (unpaired) electrons. The minimum absolute atomic E-state index is 0.116. The van der Waals surface area contributed by atoms with Crippen LogP contribution in [0.4, 0.5) is 5.69 Å². The highest BCUT2D eigenvalue weighted by Crippen LogP contribution is 2.23. The summed E-state index contributed by atoms with van der Waals surface area (Å²) in [5.41, 5.74) is 8.46. The lowest BCUT2D eigenvalue weighted by molar-refractivity contribution is -0.117. The van der Waals surface area contributed by atoms with Crippen LogP contribution >= 0.6 is 0 Å². The number of carbonyl (C=O) groups excluding carboxylic acids is 1. The number of hydrogen-bond donors (Lipinski definition) is 2. The Kier molecular flexibility index (Phi) is 5.17. The van der Waals surface area contributed by atoms with Gasteiger partial charge in [0.2, 0.25) is 5.91 Å². The van der Waals surface area contributed by atoms with Crippen molar-refractivity contribution in [3.8, 4) is 5.75 Å². The highest BCUT2D eigenvalue weighted by Gasteiger charge is 2.15. The van der Waals surface area contributed by atoms with E-state index >= 15 is 0 Å². The summed E-state index contributed by atoms with van der Waals surface area (Å²) >= 11 is 0. The van der Waals surface area contributed by atoms with E-state index < -0.39 is 6.04 Å². The summed E-state index contributed by atoms with van der Waals surface area (Å²) in [7, 11) is 0. The molecule has 4 heteroatoms. The van der Waals surface area contributed by atoms with E-state index in [2.05, 4.69) is 5.32 Å². The number of nitrogens with two attached hydrogens (primary N) is 1. The highest BCUT2D eigenvalue weighted by molar-refractivity contribution is 5.95. The van der Waals surface area contributed by atoms with E-state index in [1.54, 1.807) is 0 Å². The van der Waals surface area contributed by atoms with Crippen molar-refractivity contribution in [3.05, 3.63) is 59.7 Å². The van der Waals surface area contributed by atoms with Gasteiger partial charge >= 0.3 is 0 Å². The zero-order valence-corrected chi connectivity index (χ0v) is 13.2. The van der Waals surface area contributed by atoms with Gasteiger partial charge in [-0.05, 0) is 50.1 Å². The third-order valence-electron chi connectivity index (χ3n) is 3.25. The molecule has 1 amide bonds. The smallest absolute Gasteiger partial charge is 0.245 e. The summed E-state index contributed by atoms with van der Waals surface area (Å²) in [6, 6.07) is 14.2. The second-order valence-corrected chi connectivity index (χ2v) is 5.52. The summed E-state index contributed by atoms with van der Waals surface area (Å²) in [5, 5.41) is 2.84. The van der Waals surface area contributed by atoms with E-state index in [1.807, 2.05) is 69.3 Å². The number of aryl methyl sites for hydroxylation is 1. The molecule has 0 aromatic heterocycles. The Balaban J connectivity index is 2.07. The van der Waals surface area contributed by atoms with Gasteiger partial charge < -0.3 is 15.8 Å². The minimum Gasteiger partial charge on any atom is -0.491 e. The van der Waals surface area contributed by atoms with Crippen molar-refractivity contribution in [1.82, 2.24) is 0 Å². The van der Waals surface area contributed by atoms with Crippen molar-refractivity contribution >= 4 is 11.6 Å². The van der Waals surface area contributed by atoms with Gasteiger partial charge in [0.1, 0.15) is 11.8 Å². The fourth-order valence-corrected chi connectivity index (χ4v) is 2.15. The molecule has 0 saturated heterocycles. The molecule has 0 fully saturated rings. The third-order valence-corrected chi connectivity index (χ3v) is 3.25. The molecule has 0 heterocycles. The number of benzene rings is 2. The summed E-state index contributed by atoms with van der Waals surface area (Å²) < 4.78 is 5.68. The topological polar surface area (TPSA) is 64.4 Å². The van der Waals surface area contributed by atoms with Crippen LogP contribution in [0.3, 0.4) is 0 Å². The van der Waals surface area contributed by atoms with Gasteiger partial charge in [0.05, 0.1) is 6.10 Å². The molecule has 0 bridgehead atoms. The van der Waals surface area contributed by atoms with Crippen LogP contribution in [0.1, 0.15) is 31.0 Å². The van der Waals surface area contributed by atoms with Crippen LogP contribution in [0.2, 0.25) is 0 Å². The maximum absolute atomic E-state index is 12.2. The van der Waals surface area contributed by atoms with Gasteiger partial charge in [0, 0.05) is 5.69 Å². The molecule has 22 heavy (non-hydrogen) atoms. The van der Waals surface area contributed by atoms with Crippen molar-refractivity contribution in [3.63, 3.8) is 0 Å². The molecular formula is C18H22N2O2. The first kappa shape index (κ1) is 16.0. The molecular weight excluding hydrogens is 276 g/mol. The van der Waals surface area contributed by atoms with E-state index in [1.165, 1.54) is 0 Å². The van der Waals surface area contributed by atoms with E-state index in [0.29, 0.717) is 5.69 Å². The molecule has 0 aliphatic rings. The lowest BCUT2D eigenvalue weighted by Crippen LogP contribution is -2.27. The minimum atomic E-state index is -0.687. The average Bonchev–Trinajstić information content (AvgIpc) is 2.49. The van der Waals surface area contributed by atoms with Crippen molar-refractivity contribution in [2.45, 2.75) is 32.9 Å². The number of nitrogens with one attached hydrogen (secondary N) is 1. The normalized spacial score (nSPS) is 12.0. The van der Waals surface area contributed by atoms with Crippen molar-refractivity contribution < 1.29 is 9.53 Å². The van der Waals surface area contributed by atoms with E-state index in [0.717, 1.165) is 16.9 Å². The summed E-state index contributed by atoms with van der Waals surface area (Å²) in [4.78, 5) is 12.2. The molecule has 0 spiro atoms. The molecule has 4 nitrogen and oxygen atoms in total. The van der Waals surface area contributed by atoms with Gasteiger partial charge in [-0.25, -0.2) is 0 Å². The maximum atomic E-state index is 12.2. The standard InChI is InChI=1S/C18H22N2O2/c1-12(2)22-16-10-9-15(11-13(16)3)20-18(21)17(19)14-7-5-4-6-8-14/h4-12,17H,19H2,1-3H3,(H,20,21). The zero-order valence-electron chi connectivity index (χ0n) is 13.2. The molecule has 2 rings (SSSR count). The predicted octanol–water partition coefficient (Wildman–Crippen LogP) is 3.42. The number of rotatable bonds is 5. The lowest BCUT2D eigenvalue weighted by Gasteiger charge is -2.15. The Bertz CT molecular complexity index is 639. The Morgan fingerprint density at radius 2 is 1.82 bits per heavy atom. The highest BCUT2D eigenvalue weighted by atomic mass is 16.5. The SMILES string of the molecule is Cc1cc(NC(=O)C(N)c2ccccc2)ccc1OC(C)C. The van der Waals surface area contributed by atoms with Gasteiger partial charge in [0.15, 0.2) is 0 Å². The van der Waals surface area contributed by atoms with Gasteiger partial charge in [-0.15, -0.1) is 0 Å². The van der Waals surface area contributed by atoms with Gasteiger partial charge in [-0.3, -0.25) is 4.79 Å². The summed E-state index contributed by atoms with van der Waals surface area (Å²) in [6.07, 6.45) is 0.116. The summed E-state index contributed by atoms with van der Waals surface area (Å²) in [6.45, 7) is 5.91. The molecule has 0 saturated carbocycles. The predicted molar refractivity (Wildman–Crippen MR) is 88.9 cm³/mol. The number of hydrogen-bond acceptors (Lipinski definition) is 3. The molecule has 2 aromatic rings. The Morgan fingerprint density at radius 1 is 1.14 bits per heavy atom. The molecule has 2 aromatic carbocycles. The van der Waals surface area contributed by atoms with Crippen LogP contribution in [0.25, 0.3) is 0 Å². The average molecular weight is 298 g/mol. The van der Waals surface area contributed by atoms with Crippen LogP contribution in [-0.2, 0) is 4.79 Å². The molecule has 116 valence electrons. The molecule has 1 unspecified atom stereocenters. The van der Waals surface area contributed by atoms with Crippen LogP contribution in [-0.4, -0.2) is 12.0 Å². The first-order valence-corrected chi connectivity index (χ1v) is 7.36. The second kappa shape index (κ2) is 7.09. The first-order valence-electron chi connectivity index (χ1n) is 7.36. The molecule has 1 atom stereocenters. The summed E-state index contributed by atoms with van der Waals surface area (Å²) in [5.74, 6) is 0.587. The van der Waals surface area contributed by atoms with Crippen LogP contribution in [0.15, 0.2) is 48.5 Å². The van der Waals surface area contributed by atoms with E-state index in [-0.39, 0.29) is 12.0 Å². The van der Waals surface area contributed by atoms with Crippen molar-refractivity contribution in [2.75, 3.05) is 5.32 Å². The number of carbonyl (C=O) groups is 1. The zero-order chi connectivity index (χ0) is 16.1. The number of amides is 1. The van der Waals surface area contributed by atoms with Crippen molar-refractivity contribution in [1.29, 1.82) is 0 Å². The van der Waals surface area contributed by atoms with Gasteiger partial charge in [-0.2, -0.15) is 0 Å². The van der Waals surface area contributed by atoms with E-state index in [9.17, 15) is 4.79 Å². The molecule has 0 aliphatic carbocycles. The molecule has 3 N–H and O–H groups in total. The first-order chi connectivity index (χ1) is 10.5. The fraction of sp³-hybridized carbons (Fsp3) is 0.278. The van der Waals surface area contributed by atoms with Gasteiger partial charge in [-0.1, -0.05) is 30.3 Å². The van der Waals surface area contributed by atoms with Crippen LogP contribution in [0, 0.1) is 6.92 Å². The van der Waals surface area contributed by atoms with Crippen LogP contribution in [0.5, 0.6) is 5.75 Å².